The topological polar surface area (TPSA) is 38.1 Å². The van der Waals surface area contributed by atoms with Crippen LogP contribution in [-0.2, 0) is 13.1 Å². The van der Waals surface area contributed by atoms with Gasteiger partial charge in [0.15, 0.2) is 0 Å². The molecule has 0 unspecified atom stereocenters. The molecule has 3 aromatic rings. The second kappa shape index (κ2) is 6.55. The van der Waals surface area contributed by atoms with Crippen LogP contribution in [0.15, 0.2) is 53.1 Å². The number of benzene rings is 2. The Kier molecular flexibility index (Phi) is 4.77. The molecule has 1 aromatic heterocycles. The maximum absolute atomic E-state index is 5.05. The van der Waals surface area contributed by atoms with Crippen molar-refractivity contribution in [1.82, 2.24) is 10.5 Å². The van der Waals surface area contributed by atoms with Gasteiger partial charge in [0.25, 0.3) is 0 Å². The van der Waals surface area contributed by atoms with Crippen LogP contribution in [0.4, 0.5) is 0 Å². The minimum Gasteiger partial charge on any atom is -0.361 e. The molecular formula is C16H17ClN2O. The number of halogens is 1. The molecule has 0 spiro atoms. The van der Waals surface area contributed by atoms with Gasteiger partial charge < -0.3 is 9.84 Å². The molecule has 0 atom stereocenters. The quantitative estimate of drug-likeness (QED) is 0.792. The number of aryl methyl sites for hydroxylation is 1. The minimum atomic E-state index is 0. The van der Waals surface area contributed by atoms with Crippen molar-refractivity contribution in [3.8, 4) is 0 Å². The van der Waals surface area contributed by atoms with Gasteiger partial charge in [-0.25, -0.2) is 0 Å². The molecule has 0 radical (unpaired) electrons. The van der Waals surface area contributed by atoms with E-state index < -0.39 is 0 Å². The summed E-state index contributed by atoms with van der Waals surface area (Å²) < 4.78 is 5.05. The predicted molar refractivity (Wildman–Crippen MR) is 83.0 cm³/mol. The zero-order chi connectivity index (χ0) is 13.1. The van der Waals surface area contributed by atoms with E-state index in [0.29, 0.717) is 0 Å². The lowest BCUT2D eigenvalue weighted by Gasteiger charge is -2.07. The number of rotatable bonds is 4. The van der Waals surface area contributed by atoms with Crippen molar-refractivity contribution in [2.45, 2.75) is 20.0 Å². The third kappa shape index (κ3) is 3.18. The first kappa shape index (κ1) is 14.6. The summed E-state index contributed by atoms with van der Waals surface area (Å²) >= 11 is 0. The van der Waals surface area contributed by atoms with Gasteiger partial charge in [-0.15, -0.1) is 12.4 Å². The lowest BCUT2D eigenvalue weighted by Crippen LogP contribution is -2.13. The van der Waals surface area contributed by atoms with Crippen LogP contribution in [0.1, 0.15) is 17.0 Å². The maximum Gasteiger partial charge on any atom is 0.133 e. The molecule has 1 N–H and O–H groups in total. The molecule has 0 bridgehead atoms. The minimum absolute atomic E-state index is 0. The van der Waals surface area contributed by atoms with Crippen LogP contribution >= 0.6 is 12.4 Å². The summed E-state index contributed by atoms with van der Waals surface area (Å²) in [5.41, 5.74) is 2.25. The average Bonchev–Trinajstić information content (AvgIpc) is 2.85. The summed E-state index contributed by atoms with van der Waals surface area (Å²) in [7, 11) is 0. The first-order chi connectivity index (χ1) is 9.33. The summed E-state index contributed by atoms with van der Waals surface area (Å²) in [5.74, 6) is 0.849. The van der Waals surface area contributed by atoms with Crippen molar-refractivity contribution in [3.63, 3.8) is 0 Å². The van der Waals surface area contributed by atoms with Crippen LogP contribution in [0.3, 0.4) is 0 Å². The van der Waals surface area contributed by atoms with Crippen molar-refractivity contribution < 1.29 is 4.52 Å². The Hall–Kier alpha value is -1.84. The number of hydrogen-bond acceptors (Lipinski definition) is 3. The van der Waals surface area contributed by atoms with Crippen LogP contribution in [-0.4, -0.2) is 5.16 Å². The van der Waals surface area contributed by atoms with Gasteiger partial charge >= 0.3 is 0 Å². The zero-order valence-corrected chi connectivity index (χ0v) is 12.1. The SMILES string of the molecule is Cc1cc(CNCc2cccc3ccccc23)no1.Cl. The van der Waals surface area contributed by atoms with Crippen LogP contribution in [0.5, 0.6) is 0 Å². The molecule has 3 rings (SSSR count). The standard InChI is InChI=1S/C16H16N2O.ClH/c1-12-9-15(18-19-12)11-17-10-14-7-4-6-13-5-2-3-8-16(13)14;/h2-9,17H,10-11H2,1H3;1H. The van der Waals surface area contributed by atoms with E-state index in [1.165, 1.54) is 16.3 Å². The van der Waals surface area contributed by atoms with Crippen molar-refractivity contribution >= 4 is 23.2 Å². The summed E-state index contributed by atoms with van der Waals surface area (Å²) in [6, 6.07) is 16.8. The largest absolute Gasteiger partial charge is 0.361 e. The van der Waals surface area contributed by atoms with E-state index in [-0.39, 0.29) is 12.4 Å². The normalized spacial score (nSPS) is 10.4. The molecule has 0 fully saturated rings. The summed E-state index contributed by atoms with van der Waals surface area (Å²) in [6.07, 6.45) is 0. The van der Waals surface area contributed by atoms with Gasteiger partial charge in [0, 0.05) is 19.2 Å². The molecule has 0 saturated heterocycles. The van der Waals surface area contributed by atoms with Gasteiger partial charge in [0.1, 0.15) is 5.76 Å². The molecule has 0 aliphatic carbocycles. The number of nitrogens with zero attached hydrogens (tertiary/aromatic N) is 1. The van der Waals surface area contributed by atoms with Gasteiger partial charge in [0.05, 0.1) is 5.69 Å². The van der Waals surface area contributed by atoms with E-state index >= 15 is 0 Å². The lowest BCUT2D eigenvalue weighted by atomic mass is 10.0. The van der Waals surface area contributed by atoms with Crippen molar-refractivity contribution in [3.05, 3.63) is 65.5 Å². The molecule has 3 nitrogen and oxygen atoms in total. The molecule has 0 aliphatic rings. The number of aromatic nitrogens is 1. The molecule has 0 aliphatic heterocycles. The Morgan fingerprint density at radius 1 is 1.05 bits per heavy atom. The van der Waals surface area contributed by atoms with E-state index in [9.17, 15) is 0 Å². The molecule has 0 amide bonds. The molecule has 2 aromatic carbocycles. The van der Waals surface area contributed by atoms with Crippen molar-refractivity contribution in [1.29, 1.82) is 0 Å². The molecule has 4 heteroatoms. The van der Waals surface area contributed by atoms with E-state index in [2.05, 4.69) is 52.9 Å². The first-order valence-electron chi connectivity index (χ1n) is 6.42. The molecule has 0 saturated carbocycles. The smallest absolute Gasteiger partial charge is 0.133 e. The predicted octanol–water partition coefficient (Wildman–Crippen LogP) is 3.85. The van der Waals surface area contributed by atoms with Gasteiger partial charge in [-0.05, 0) is 23.3 Å². The van der Waals surface area contributed by atoms with E-state index in [4.69, 9.17) is 4.52 Å². The Morgan fingerprint density at radius 2 is 1.85 bits per heavy atom. The fourth-order valence-electron chi connectivity index (χ4n) is 2.27. The maximum atomic E-state index is 5.05. The van der Waals surface area contributed by atoms with Gasteiger partial charge in [-0.2, -0.15) is 0 Å². The number of nitrogens with one attached hydrogen (secondary N) is 1. The van der Waals surface area contributed by atoms with Gasteiger partial charge in [-0.3, -0.25) is 0 Å². The second-order valence-electron chi connectivity index (χ2n) is 4.67. The highest BCUT2D eigenvalue weighted by Crippen LogP contribution is 2.18. The van der Waals surface area contributed by atoms with Crippen LogP contribution < -0.4 is 5.32 Å². The third-order valence-corrected chi connectivity index (χ3v) is 3.18. The van der Waals surface area contributed by atoms with E-state index in [0.717, 1.165) is 24.5 Å². The Morgan fingerprint density at radius 3 is 2.65 bits per heavy atom. The third-order valence-electron chi connectivity index (χ3n) is 3.18. The van der Waals surface area contributed by atoms with Crippen molar-refractivity contribution in [2.75, 3.05) is 0 Å². The monoisotopic (exact) mass is 288 g/mol. The highest BCUT2D eigenvalue weighted by molar-refractivity contribution is 5.85. The summed E-state index contributed by atoms with van der Waals surface area (Å²) in [5, 5.41) is 9.95. The van der Waals surface area contributed by atoms with Gasteiger partial charge in [-0.1, -0.05) is 47.6 Å². The van der Waals surface area contributed by atoms with Gasteiger partial charge in [0.2, 0.25) is 0 Å². The van der Waals surface area contributed by atoms with Crippen LogP contribution in [0, 0.1) is 6.92 Å². The molecule has 104 valence electrons. The summed E-state index contributed by atoms with van der Waals surface area (Å²) in [6.45, 7) is 3.45. The first-order valence-corrected chi connectivity index (χ1v) is 6.42. The average molecular weight is 289 g/mol. The van der Waals surface area contributed by atoms with E-state index in [1.807, 2.05) is 13.0 Å². The lowest BCUT2D eigenvalue weighted by molar-refractivity contribution is 0.388. The Bertz CT molecular complexity index is 688. The fraction of sp³-hybridized carbons (Fsp3) is 0.188. The molecule has 20 heavy (non-hydrogen) atoms. The Labute approximate surface area is 124 Å². The van der Waals surface area contributed by atoms with Crippen LogP contribution in [0.2, 0.25) is 0 Å². The highest BCUT2D eigenvalue weighted by Gasteiger charge is 2.02. The zero-order valence-electron chi connectivity index (χ0n) is 11.3. The number of fused-ring (bicyclic) bond motifs is 1. The highest BCUT2D eigenvalue weighted by atomic mass is 35.5. The van der Waals surface area contributed by atoms with Crippen molar-refractivity contribution in [2.24, 2.45) is 0 Å². The van der Waals surface area contributed by atoms with E-state index in [1.54, 1.807) is 0 Å². The molecule has 1 heterocycles. The second-order valence-corrected chi connectivity index (χ2v) is 4.67. The fourth-order valence-corrected chi connectivity index (χ4v) is 2.27. The molecular weight excluding hydrogens is 272 g/mol. The van der Waals surface area contributed by atoms with Crippen LogP contribution in [0.25, 0.3) is 10.8 Å². The number of hydrogen-bond donors (Lipinski definition) is 1. The Balaban J connectivity index is 0.00000147. The summed E-state index contributed by atoms with van der Waals surface area (Å²) in [4.78, 5) is 0.